The molecule has 3 aromatic rings. The van der Waals surface area contributed by atoms with E-state index < -0.39 is 0 Å². The summed E-state index contributed by atoms with van der Waals surface area (Å²) in [5.74, 6) is 2.99. The Balaban J connectivity index is 1.04. The summed E-state index contributed by atoms with van der Waals surface area (Å²) in [6.07, 6.45) is 4.39. The molecule has 3 fully saturated rings. The predicted molar refractivity (Wildman–Crippen MR) is 134 cm³/mol. The van der Waals surface area contributed by atoms with Crippen molar-refractivity contribution in [3.8, 4) is 17.2 Å². The first-order valence-corrected chi connectivity index (χ1v) is 12.6. The van der Waals surface area contributed by atoms with Crippen LogP contribution in [0.1, 0.15) is 51.9 Å². The number of carbonyl (C=O) groups excluding carboxylic acids is 1. The fourth-order valence-corrected chi connectivity index (χ4v) is 4.51. The number of rotatable bonds is 10. The third kappa shape index (κ3) is 5.16. The highest BCUT2D eigenvalue weighted by molar-refractivity contribution is 5.93. The zero-order chi connectivity index (χ0) is 24.5. The lowest BCUT2D eigenvalue weighted by Gasteiger charge is -2.39. The highest BCUT2D eigenvalue weighted by atomic mass is 16.6. The molecule has 0 spiro atoms. The molecule has 7 nitrogen and oxygen atoms in total. The Morgan fingerprint density at radius 1 is 0.972 bits per heavy atom. The van der Waals surface area contributed by atoms with Crippen molar-refractivity contribution in [1.29, 1.82) is 0 Å². The molecule has 1 aromatic heterocycles. The van der Waals surface area contributed by atoms with Gasteiger partial charge in [0, 0.05) is 31.3 Å². The number of methoxy groups -OCH3 is 1. The van der Waals surface area contributed by atoms with Gasteiger partial charge in [-0.3, -0.25) is 9.78 Å². The molecule has 1 aliphatic carbocycles. The third-order valence-electron chi connectivity index (χ3n) is 7.04. The molecule has 0 N–H and O–H groups in total. The molecule has 3 aliphatic rings. The molecule has 2 aliphatic heterocycles. The normalized spacial score (nSPS) is 18.9. The van der Waals surface area contributed by atoms with E-state index in [0.29, 0.717) is 43.5 Å². The predicted octanol–water partition coefficient (Wildman–Crippen LogP) is 4.56. The first-order valence-electron chi connectivity index (χ1n) is 12.6. The number of benzene rings is 2. The first kappa shape index (κ1) is 22.9. The molecule has 1 atom stereocenters. The van der Waals surface area contributed by atoms with Crippen molar-refractivity contribution >= 4 is 5.91 Å². The van der Waals surface area contributed by atoms with Crippen molar-refractivity contribution in [2.75, 3.05) is 33.4 Å². The van der Waals surface area contributed by atoms with Gasteiger partial charge in [0.1, 0.15) is 30.8 Å². The zero-order valence-corrected chi connectivity index (χ0v) is 20.4. The highest BCUT2D eigenvalue weighted by Gasteiger charge is 2.33. The van der Waals surface area contributed by atoms with E-state index >= 15 is 0 Å². The second-order valence-electron chi connectivity index (χ2n) is 9.77. The van der Waals surface area contributed by atoms with Gasteiger partial charge in [-0.1, -0.05) is 30.3 Å². The molecule has 7 heteroatoms. The van der Waals surface area contributed by atoms with Gasteiger partial charge in [-0.15, -0.1) is 0 Å². The van der Waals surface area contributed by atoms with E-state index in [1.54, 1.807) is 25.4 Å². The Morgan fingerprint density at radius 3 is 2.47 bits per heavy atom. The summed E-state index contributed by atoms with van der Waals surface area (Å²) in [5.41, 5.74) is 4.09. The van der Waals surface area contributed by atoms with Gasteiger partial charge in [0.25, 0.3) is 5.91 Å². The number of nitrogens with zero attached hydrogens (tertiary/aromatic N) is 2. The van der Waals surface area contributed by atoms with Crippen LogP contribution in [0.15, 0.2) is 60.8 Å². The van der Waals surface area contributed by atoms with Gasteiger partial charge in [0.15, 0.2) is 11.5 Å². The Kier molecular flexibility index (Phi) is 6.23. The average Bonchev–Trinajstić information content (AvgIpc) is 3.81. The van der Waals surface area contributed by atoms with Crippen molar-refractivity contribution in [3.63, 3.8) is 0 Å². The topological polar surface area (TPSA) is 73.4 Å². The minimum atomic E-state index is -0.0843. The molecule has 6 rings (SSSR count). The SMILES string of the molecule is COc1cc(C2CN(C(=O)c3cc(OC[C@H]4CO4)ccn3)C2)ccc1OCc1ccc(C2CC2)cc1. The van der Waals surface area contributed by atoms with Crippen molar-refractivity contribution in [2.45, 2.75) is 37.4 Å². The standard InChI is InChI=1S/C29H30N2O5/c1-33-28-12-22(8-9-27(28)36-16-19-2-4-20(5-3-19)21-6-7-21)23-14-31(15-23)29(32)26-13-24(10-11-30-26)34-17-25-18-35-25/h2-5,8-13,21,23,25H,6-7,14-18H2,1H3/t25-/m0/s1. The van der Waals surface area contributed by atoms with Crippen LogP contribution in [-0.2, 0) is 11.3 Å². The van der Waals surface area contributed by atoms with Crippen molar-refractivity contribution in [3.05, 3.63) is 83.2 Å². The van der Waals surface area contributed by atoms with E-state index in [1.807, 2.05) is 17.0 Å². The number of amides is 1. The third-order valence-corrected chi connectivity index (χ3v) is 7.04. The van der Waals surface area contributed by atoms with E-state index in [2.05, 4.69) is 35.3 Å². The van der Waals surface area contributed by atoms with Crippen LogP contribution in [0.3, 0.4) is 0 Å². The number of ether oxygens (including phenoxy) is 4. The largest absolute Gasteiger partial charge is 0.493 e. The number of carbonyl (C=O) groups is 1. The number of likely N-dealkylation sites (tertiary alicyclic amines) is 1. The second kappa shape index (κ2) is 9.82. The lowest BCUT2D eigenvalue weighted by molar-refractivity contribution is 0.0595. The molecular formula is C29H30N2O5. The summed E-state index contributed by atoms with van der Waals surface area (Å²) in [4.78, 5) is 19.0. The van der Waals surface area contributed by atoms with E-state index in [1.165, 1.54) is 18.4 Å². The maximum atomic E-state index is 12.9. The van der Waals surface area contributed by atoms with Crippen LogP contribution in [0, 0.1) is 0 Å². The van der Waals surface area contributed by atoms with Crippen LogP contribution in [0.25, 0.3) is 0 Å². The van der Waals surface area contributed by atoms with Crippen LogP contribution < -0.4 is 14.2 Å². The molecular weight excluding hydrogens is 456 g/mol. The van der Waals surface area contributed by atoms with Gasteiger partial charge in [-0.05, 0) is 53.6 Å². The average molecular weight is 487 g/mol. The molecule has 0 unspecified atom stereocenters. The maximum absolute atomic E-state index is 12.9. The number of pyridine rings is 1. The van der Waals surface area contributed by atoms with E-state index in [9.17, 15) is 4.79 Å². The molecule has 3 heterocycles. The van der Waals surface area contributed by atoms with Crippen LogP contribution in [0.2, 0.25) is 0 Å². The summed E-state index contributed by atoms with van der Waals surface area (Å²) in [6.45, 7) is 3.00. The molecule has 0 bridgehead atoms. The van der Waals surface area contributed by atoms with Crippen LogP contribution >= 0.6 is 0 Å². The van der Waals surface area contributed by atoms with E-state index in [4.69, 9.17) is 18.9 Å². The molecule has 2 saturated heterocycles. The minimum Gasteiger partial charge on any atom is -0.493 e. The minimum absolute atomic E-state index is 0.0843. The molecule has 1 saturated carbocycles. The molecule has 186 valence electrons. The summed E-state index contributed by atoms with van der Waals surface area (Å²) in [6, 6.07) is 18.2. The molecule has 1 amide bonds. The van der Waals surface area contributed by atoms with Gasteiger partial charge in [-0.25, -0.2) is 0 Å². The lowest BCUT2D eigenvalue weighted by Crippen LogP contribution is -2.48. The van der Waals surface area contributed by atoms with Crippen molar-refractivity contribution in [1.82, 2.24) is 9.88 Å². The number of hydrogen-bond donors (Lipinski definition) is 0. The fraction of sp³-hybridized carbons (Fsp3) is 0.379. The van der Waals surface area contributed by atoms with Gasteiger partial charge >= 0.3 is 0 Å². The quantitative estimate of drug-likeness (QED) is 0.391. The highest BCUT2D eigenvalue weighted by Crippen LogP contribution is 2.40. The first-order chi connectivity index (χ1) is 17.7. The Bertz CT molecular complexity index is 1230. The zero-order valence-electron chi connectivity index (χ0n) is 20.4. The summed E-state index contributed by atoms with van der Waals surface area (Å²) in [7, 11) is 1.66. The molecule has 2 aromatic carbocycles. The van der Waals surface area contributed by atoms with E-state index in [-0.39, 0.29) is 17.9 Å². The Hall–Kier alpha value is -3.58. The molecule has 0 radical (unpaired) electrons. The smallest absolute Gasteiger partial charge is 0.272 e. The summed E-state index contributed by atoms with van der Waals surface area (Å²) in [5, 5.41) is 0. The monoisotopic (exact) mass is 486 g/mol. The van der Waals surface area contributed by atoms with Crippen LogP contribution in [-0.4, -0.2) is 55.3 Å². The van der Waals surface area contributed by atoms with E-state index in [0.717, 1.165) is 29.4 Å². The maximum Gasteiger partial charge on any atom is 0.272 e. The van der Waals surface area contributed by atoms with Crippen LogP contribution in [0.4, 0.5) is 0 Å². The van der Waals surface area contributed by atoms with Crippen molar-refractivity contribution in [2.24, 2.45) is 0 Å². The van der Waals surface area contributed by atoms with Gasteiger partial charge in [0.05, 0.1) is 13.7 Å². The summed E-state index contributed by atoms with van der Waals surface area (Å²) >= 11 is 0. The van der Waals surface area contributed by atoms with Crippen molar-refractivity contribution < 1.29 is 23.7 Å². The number of hydrogen-bond acceptors (Lipinski definition) is 6. The van der Waals surface area contributed by atoms with Crippen LogP contribution in [0.5, 0.6) is 17.2 Å². The summed E-state index contributed by atoms with van der Waals surface area (Å²) < 4.78 is 22.5. The van der Waals surface area contributed by atoms with Gasteiger partial charge < -0.3 is 23.8 Å². The Labute approximate surface area is 211 Å². The van der Waals surface area contributed by atoms with Gasteiger partial charge in [0.2, 0.25) is 0 Å². The number of epoxide rings is 1. The van der Waals surface area contributed by atoms with Gasteiger partial charge in [-0.2, -0.15) is 0 Å². The Morgan fingerprint density at radius 2 is 1.75 bits per heavy atom. The molecule has 36 heavy (non-hydrogen) atoms. The number of aromatic nitrogens is 1. The second-order valence-corrected chi connectivity index (χ2v) is 9.77. The fourth-order valence-electron chi connectivity index (χ4n) is 4.51. The lowest BCUT2D eigenvalue weighted by atomic mass is 9.91.